The Morgan fingerprint density at radius 3 is 2.44 bits per heavy atom. The molecule has 3 rings (SSSR count). The highest BCUT2D eigenvalue weighted by Gasteiger charge is 2.33. The zero-order valence-electron chi connectivity index (χ0n) is 13.2. The number of ether oxygens (including phenoxy) is 2. The molecule has 1 aromatic heterocycles. The molecule has 7 heteroatoms. The number of hydrogen-bond donors (Lipinski definition) is 0. The van der Waals surface area contributed by atoms with Gasteiger partial charge in [0, 0.05) is 5.39 Å². The lowest BCUT2D eigenvalue weighted by Gasteiger charge is -2.14. The summed E-state index contributed by atoms with van der Waals surface area (Å²) in [5.74, 6) is -1.17. The van der Waals surface area contributed by atoms with Crippen LogP contribution < -0.4 is 4.74 Å². The van der Waals surface area contributed by atoms with Crippen molar-refractivity contribution in [3.05, 3.63) is 65.2 Å². The van der Waals surface area contributed by atoms with Crippen LogP contribution in [0.25, 0.3) is 11.0 Å². The van der Waals surface area contributed by atoms with Crippen LogP contribution in [0.2, 0.25) is 0 Å². The van der Waals surface area contributed by atoms with Gasteiger partial charge < -0.3 is 13.9 Å². The molecule has 0 unspecified atom stereocenters. The van der Waals surface area contributed by atoms with E-state index in [1.54, 1.807) is 31.2 Å². The fourth-order valence-corrected chi connectivity index (χ4v) is 2.48. The normalized spacial score (nSPS) is 11.9. The zero-order valence-corrected chi connectivity index (χ0v) is 13.2. The van der Waals surface area contributed by atoms with Crippen LogP contribution in [0.15, 0.2) is 46.9 Å². The maximum Gasteiger partial charge on any atom is 0.573 e. The zero-order chi connectivity index (χ0) is 18.0. The molecular formula is C18H14F4O3. The summed E-state index contributed by atoms with van der Waals surface area (Å²) in [4.78, 5) is 0. The van der Waals surface area contributed by atoms with Gasteiger partial charge in [0.1, 0.15) is 11.5 Å². The molecule has 0 aliphatic carbocycles. The van der Waals surface area contributed by atoms with Crippen LogP contribution in [0.5, 0.6) is 5.75 Å². The first-order valence-corrected chi connectivity index (χ1v) is 7.42. The Hall–Kier alpha value is -2.54. The molecule has 3 aromatic rings. The summed E-state index contributed by atoms with van der Waals surface area (Å²) in [5.41, 5.74) is 0.358. The number of fused-ring (bicyclic) bond motifs is 1. The predicted octanol–water partition coefficient (Wildman–Crippen LogP) is 5.50. The lowest BCUT2D eigenvalue weighted by atomic mass is 10.1. The highest BCUT2D eigenvalue weighted by molar-refractivity contribution is 5.81. The molecule has 0 saturated heterocycles. The van der Waals surface area contributed by atoms with Gasteiger partial charge in [-0.2, -0.15) is 0 Å². The van der Waals surface area contributed by atoms with Gasteiger partial charge in [0.25, 0.3) is 0 Å². The Bertz CT molecular complexity index is 869. The van der Waals surface area contributed by atoms with Crippen molar-refractivity contribution >= 4 is 11.0 Å². The number of halogens is 4. The van der Waals surface area contributed by atoms with Crippen LogP contribution in [0, 0.1) is 12.7 Å². The maximum absolute atomic E-state index is 14.6. The second-order valence-corrected chi connectivity index (χ2v) is 5.47. The summed E-state index contributed by atoms with van der Waals surface area (Å²) in [6.45, 7) is 1.32. The fourth-order valence-electron chi connectivity index (χ4n) is 2.48. The van der Waals surface area contributed by atoms with E-state index in [2.05, 4.69) is 4.74 Å². The van der Waals surface area contributed by atoms with Crippen molar-refractivity contribution in [1.82, 2.24) is 0 Å². The van der Waals surface area contributed by atoms with E-state index >= 15 is 0 Å². The molecule has 0 aliphatic rings. The van der Waals surface area contributed by atoms with Gasteiger partial charge in [-0.15, -0.1) is 13.2 Å². The first kappa shape index (κ1) is 17.3. The van der Waals surface area contributed by atoms with E-state index in [1.807, 2.05) is 6.07 Å². The van der Waals surface area contributed by atoms with Gasteiger partial charge in [-0.1, -0.05) is 30.3 Å². The molecule has 2 aromatic carbocycles. The lowest BCUT2D eigenvalue weighted by Crippen LogP contribution is -2.18. The first-order valence-electron chi connectivity index (χ1n) is 7.42. The number of aryl methyl sites for hydroxylation is 1. The molecule has 0 N–H and O–H groups in total. The van der Waals surface area contributed by atoms with Gasteiger partial charge in [-0.05, 0) is 24.6 Å². The van der Waals surface area contributed by atoms with Gasteiger partial charge >= 0.3 is 6.36 Å². The number of rotatable bonds is 5. The van der Waals surface area contributed by atoms with Crippen LogP contribution >= 0.6 is 0 Å². The van der Waals surface area contributed by atoms with Crippen LogP contribution in [-0.2, 0) is 18.0 Å². The summed E-state index contributed by atoms with van der Waals surface area (Å²) in [5, 5.41) is 0.195. The van der Waals surface area contributed by atoms with E-state index in [0.717, 1.165) is 11.6 Å². The average Bonchev–Trinajstić information content (AvgIpc) is 2.90. The van der Waals surface area contributed by atoms with Gasteiger partial charge in [-0.3, -0.25) is 0 Å². The molecule has 132 valence electrons. The van der Waals surface area contributed by atoms with E-state index in [1.165, 1.54) is 6.07 Å². The largest absolute Gasteiger partial charge is 0.573 e. The Morgan fingerprint density at radius 1 is 1.04 bits per heavy atom. The maximum atomic E-state index is 14.6. The summed E-state index contributed by atoms with van der Waals surface area (Å²) >= 11 is 0. The van der Waals surface area contributed by atoms with Crippen LogP contribution in [-0.4, -0.2) is 6.36 Å². The Balaban J connectivity index is 1.90. The van der Waals surface area contributed by atoms with E-state index in [9.17, 15) is 17.6 Å². The topological polar surface area (TPSA) is 31.6 Å². The van der Waals surface area contributed by atoms with Crippen molar-refractivity contribution in [2.75, 3.05) is 0 Å². The molecule has 0 aliphatic heterocycles. The van der Waals surface area contributed by atoms with Crippen molar-refractivity contribution < 1.29 is 31.5 Å². The fraction of sp³-hybridized carbons (Fsp3) is 0.222. The van der Waals surface area contributed by atoms with Crippen molar-refractivity contribution in [3.8, 4) is 5.75 Å². The van der Waals surface area contributed by atoms with Gasteiger partial charge in [-0.25, -0.2) is 4.39 Å². The third-order valence-electron chi connectivity index (χ3n) is 3.52. The van der Waals surface area contributed by atoms with E-state index in [4.69, 9.17) is 9.15 Å². The van der Waals surface area contributed by atoms with Crippen LogP contribution in [0.3, 0.4) is 0 Å². The predicted molar refractivity (Wildman–Crippen MR) is 82.5 cm³/mol. The molecule has 0 spiro atoms. The quantitative estimate of drug-likeness (QED) is 0.567. The van der Waals surface area contributed by atoms with Crippen LogP contribution in [0.1, 0.15) is 16.9 Å². The average molecular weight is 354 g/mol. The highest BCUT2D eigenvalue weighted by Crippen LogP contribution is 2.35. The summed E-state index contributed by atoms with van der Waals surface area (Å²) in [7, 11) is 0. The Labute approximate surface area is 140 Å². The van der Waals surface area contributed by atoms with Crippen LogP contribution in [0.4, 0.5) is 17.6 Å². The third kappa shape index (κ3) is 4.11. The monoisotopic (exact) mass is 354 g/mol. The van der Waals surface area contributed by atoms with Gasteiger partial charge in [0.2, 0.25) is 0 Å². The lowest BCUT2D eigenvalue weighted by molar-refractivity contribution is -0.275. The second kappa shape index (κ2) is 6.76. The summed E-state index contributed by atoms with van der Waals surface area (Å²) in [6.07, 6.45) is -4.94. The molecular weight excluding hydrogens is 340 g/mol. The summed E-state index contributed by atoms with van der Waals surface area (Å²) < 4.78 is 67.1. The molecule has 0 radical (unpaired) electrons. The van der Waals surface area contributed by atoms with Crippen molar-refractivity contribution in [2.45, 2.75) is 26.5 Å². The highest BCUT2D eigenvalue weighted by atomic mass is 19.4. The number of hydrogen-bond acceptors (Lipinski definition) is 3. The second-order valence-electron chi connectivity index (χ2n) is 5.47. The SMILES string of the molecule is Cc1cc2cc(OC(F)(F)F)c(COCc3ccccc3)c(F)c2o1. The minimum atomic E-state index is -4.94. The first-order chi connectivity index (χ1) is 11.8. The molecule has 3 nitrogen and oxygen atoms in total. The third-order valence-corrected chi connectivity index (χ3v) is 3.52. The molecule has 0 saturated carbocycles. The number of furan rings is 1. The van der Waals surface area contributed by atoms with Gasteiger partial charge in [0.15, 0.2) is 11.4 Å². The van der Waals surface area contributed by atoms with E-state index in [-0.39, 0.29) is 29.7 Å². The van der Waals surface area contributed by atoms with Crippen molar-refractivity contribution in [2.24, 2.45) is 0 Å². The molecule has 0 atom stereocenters. The Morgan fingerprint density at radius 2 is 1.76 bits per heavy atom. The summed E-state index contributed by atoms with van der Waals surface area (Å²) in [6, 6.07) is 11.6. The molecule has 1 heterocycles. The molecule has 25 heavy (non-hydrogen) atoms. The molecule has 0 amide bonds. The molecule has 0 bridgehead atoms. The van der Waals surface area contributed by atoms with E-state index in [0.29, 0.717) is 5.76 Å². The minimum Gasteiger partial charge on any atom is -0.458 e. The number of benzene rings is 2. The molecule has 0 fully saturated rings. The van der Waals surface area contributed by atoms with Crippen molar-refractivity contribution in [3.63, 3.8) is 0 Å². The Kier molecular flexibility index (Phi) is 4.67. The van der Waals surface area contributed by atoms with E-state index < -0.39 is 17.9 Å². The van der Waals surface area contributed by atoms with Crippen molar-refractivity contribution in [1.29, 1.82) is 0 Å². The van der Waals surface area contributed by atoms with Gasteiger partial charge in [0.05, 0.1) is 18.8 Å². The smallest absolute Gasteiger partial charge is 0.458 e. The number of alkyl halides is 3. The minimum absolute atomic E-state index is 0.120. The standard InChI is InChI=1S/C18H14F4O3/c1-11-7-13-8-15(25-18(20,21)22)14(16(19)17(13)24-11)10-23-9-12-5-3-2-4-6-12/h2-8H,9-10H2,1H3.